The minimum absolute atomic E-state index is 0.196. The number of carbonyl (C=O) groups is 1. The maximum Gasteiger partial charge on any atom is 0.310 e. The molecule has 0 atom stereocenters. The van der Waals surface area contributed by atoms with Gasteiger partial charge >= 0.3 is 5.97 Å². The molecular weight excluding hydrogens is 260 g/mol. The molecule has 0 radical (unpaired) electrons. The Morgan fingerprint density at radius 2 is 2.21 bits per heavy atom. The minimum Gasteiger partial charge on any atom is -0.469 e. The Hall–Kier alpha value is -2.06. The van der Waals surface area contributed by atoms with E-state index in [-0.39, 0.29) is 12.4 Å². The van der Waals surface area contributed by atoms with Crippen LogP contribution in [0.15, 0.2) is 24.3 Å². The molecule has 0 aliphatic rings. The van der Waals surface area contributed by atoms with Crippen molar-refractivity contribution in [3.63, 3.8) is 0 Å². The summed E-state index contributed by atoms with van der Waals surface area (Å²) in [5.41, 5.74) is 1.60. The smallest absolute Gasteiger partial charge is 0.310 e. The van der Waals surface area contributed by atoms with Gasteiger partial charge < -0.3 is 15.0 Å². The fraction of sp³-hybridized carbons (Fsp3) is 0.286. The van der Waals surface area contributed by atoms with Crippen LogP contribution in [0.5, 0.6) is 0 Å². The van der Waals surface area contributed by atoms with E-state index < -0.39 is 0 Å². The van der Waals surface area contributed by atoms with Gasteiger partial charge in [0.1, 0.15) is 0 Å². The highest BCUT2D eigenvalue weighted by Crippen LogP contribution is 2.16. The van der Waals surface area contributed by atoms with Crippen molar-refractivity contribution in [2.75, 3.05) is 26.0 Å². The number of hydrogen-bond donors (Lipinski definition) is 1. The average Bonchev–Trinajstić information content (AvgIpc) is 2.41. The largest absolute Gasteiger partial charge is 0.469 e. The average molecular weight is 276 g/mol. The SMILES string of the molecule is C#CCN(C)C(=S)Nc1ccccc1CC(=O)OC. The van der Waals surface area contributed by atoms with Crippen LogP contribution >= 0.6 is 12.2 Å². The van der Waals surface area contributed by atoms with Gasteiger partial charge in [0.25, 0.3) is 0 Å². The van der Waals surface area contributed by atoms with Gasteiger partial charge in [-0.05, 0) is 23.8 Å². The molecule has 4 nitrogen and oxygen atoms in total. The molecule has 0 saturated heterocycles. The number of anilines is 1. The molecule has 1 N–H and O–H groups in total. The fourth-order valence-corrected chi connectivity index (χ4v) is 1.62. The van der Waals surface area contributed by atoms with Crippen LogP contribution in [0.1, 0.15) is 5.56 Å². The molecule has 0 aliphatic carbocycles. The monoisotopic (exact) mass is 276 g/mol. The molecule has 1 aromatic rings. The Labute approximate surface area is 118 Å². The van der Waals surface area contributed by atoms with Crippen molar-refractivity contribution >= 4 is 29.0 Å². The molecule has 1 aromatic carbocycles. The number of hydrogen-bond acceptors (Lipinski definition) is 3. The second-order valence-electron chi connectivity index (χ2n) is 3.90. The molecule has 100 valence electrons. The van der Waals surface area contributed by atoms with E-state index in [1.54, 1.807) is 11.9 Å². The zero-order valence-electron chi connectivity index (χ0n) is 11.0. The Kier molecular flexibility index (Phi) is 5.83. The summed E-state index contributed by atoms with van der Waals surface area (Å²) in [6, 6.07) is 7.43. The molecule has 0 saturated carbocycles. The van der Waals surface area contributed by atoms with Gasteiger partial charge in [0.15, 0.2) is 5.11 Å². The summed E-state index contributed by atoms with van der Waals surface area (Å²) < 4.78 is 4.66. The van der Waals surface area contributed by atoms with Crippen LogP contribution in [-0.4, -0.2) is 36.7 Å². The maximum atomic E-state index is 11.3. The number of rotatable bonds is 4. The van der Waals surface area contributed by atoms with E-state index in [2.05, 4.69) is 16.0 Å². The highest BCUT2D eigenvalue weighted by molar-refractivity contribution is 7.80. The van der Waals surface area contributed by atoms with Gasteiger partial charge in [0, 0.05) is 12.7 Å². The lowest BCUT2D eigenvalue weighted by atomic mass is 10.1. The van der Waals surface area contributed by atoms with E-state index in [1.807, 2.05) is 24.3 Å². The fourth-order valence-electron chi connectivity index (χ4n) is 1.44. The molecule has 0 aromatic heterocycles. The zero-order valence-corrected chi connectivity index (χ0v) is 11.8. The van der Waals surface area contributed by atoms with Crippen LogP contribution in [0, 0.1) is 12.3 Å². The quantitative estimate of drug-likeness (QED) is 0.515. The molecule has 0 unspecified atom stereocenters. The summed E-state index contributed by atoms with van der Waals surface area (Å²) in [4.78, 5) is 13.1. The summed E-state index contributed by atoms with van der Waals surface area (Å²) in [5, 5.41) is 3.59. The number of nitrogens with zero attached hydrogens (tertiary/aromatic N) is 1. The van der Waals surface area contributed by atoms with E-state index >= 15 is 0 Å². The second-order valence-corrected chi connectivity index (χ2v) is 4.29. The van der Waals surface area contributed by atoms with Gasteiger partial charge in [-0.2, -0.15) is 0 Å². The number of benzene rings is 1. The number of esters is 1. The zero-order chi connectivity index (χ0) is 14.3. The van der Waals surface area contributed by atoms with Gasteiger partial charge in [-0.1, -0.05) is 24.1 Å². The maximum absolute atomic E-state index is 11.3. The molecule has 0 spiro atoms. The molecular formula is C14H16N2O2S. The number of methoxy groups -OCH3 is 1. The molecule has 0 fully saturated rings. The first-order valence-electron chi connectivity index (χ1n) is 5.68. The van der Waals surface area contributed by atoms with E-state index in [1.165, 1.54) is 7.11 Å². The summed E-state index contributed by atoms with van der Waals surface area (Å²) in [6.45, 7) is 0.422. The van der Waals surface area contributed by atoms with Crippen molar-refractivity contribution in [3.8, 4) is 12.3 Å². The van der Waals surface area contributed by atoms with Crippen molar-refractivity contribution in [1.29, 1.82) is 0 Å². The topological polar surface area (TPSA) is 41.6 Å². The first-order valence-corrected chi connectivity index (χ1v) is 6.09. The van der Waals surface area contributed by atoms with E-state index in [0.29, 0.717) is 11.7 Å². The Morgan fingerprint density at radius 3 is 2.84 bits per heavy atom. The van der Waals surface area contributed by atoms with E-state index in [9.17, 15) is 4.79 Å². The van der Waals surface area contributed by atoms with Crippen molar-refractivity contribution in [2.45, 2.75) is 6.42 Å². The Bertz CT molecular complexity index is 508. The van der Waals surface area contributed by atoms with Crippen molar-refractivity contribution in [2.24, 2.45) is 0 Å². The number of ether oxygens (including phenoxy) is 1. The number of terminal acetylenes is 1. The number of thiocarbonyl (C=S) groups is 1. The van der Waals surface area contributed by atoms with Crippen LogP contribution in [-0.2, 0) is 16.0 Å². The first-order chi connectivity index (χ1) is 9.08. The summed E-state index contributed by atoms with van der Waals surface area (Å²) in [5.74, 6) is 2.22. The lowest BCUT2D eigenvalue weighted by Gasteiger charge is -2.19. The first kappa shape index (κ1) is 15.0. The molecule has 0 heterocycles. The van der Waals surface area contributed by atoms with Gasteiger partial charge in [-0.3, -0.25) is 4.79 Å². The standard InChI is InChI=1S/C14H16N2O2S/c1-4-9-16(2)14(19)15-12-8-6-5-7-11(12)10-13(17)18-3/h1,5-8H,9-10H2,2-3H3,(H,15,19). The van der Waals surface area contributed by atoms with Crippen LogP contribution in [0.3, 0.4) is 0 Å². The third-order valence-corrected chi connectivity index (χ3v) is 2.91. The van der Waals surface area contributed by atoms with Crippen molar-refractivity contribution in [3.05, 3.63) is 29.8 Å². The highest BCUT2D eigenvalue weighted by atomic mass is 32.1. The van der Waals surface area contributed by atoms with Crippen LogP contribution in [0.2, 0.25) is 0 Å². The second kappa shape index (κ2) is 7.39. The van der Waals surface area contributed by atoms with Gasteiger partial charge in [-0.25, -0.2) is 0 Å². The van der Waals surface area contributed by atoms with Crippen molar-refractivity contribution in [1.82, 2.24) is 4.90 Å². The molecule has 5 heteroatoms. The number of para-hydroxylation sites is 1. The highest BCUT2D eigenvalue weighted by Gasteiger charge is 2.10. The van der Waals surface area contributed by atoms with Gasteiger partial charge in [-0.15, -0.1) is 6.42 Å². The predicted octanol–water partition coefficient (Wildman–Crippen LogP) is 1.66. The third kappa shape index (κ3) is 4.60. The summed E-state index contributed by atoms with van der Waals surface area (Å²) >= 11 is 5.23. The lowest BCUT2D eigenvalue weighted by molar-refractivity contribution is -0.139. The van der Waals surface area contributed by atoms with Crippen LogP contribution in [0.25, 0.3) is 0 Å². The van der Waals surface area contributed by atoms with Crippen molar-refractivity contribution < 1.29 is 9.53 Å². The molecule has 0 bridgehead atoms. The Morgan fingerprint density at radius 1 is 1.53 bits per heavy atom. The van der Waals surface area contributed by atoms with Gasteiger partial charge in [0.05, 0.1) is 20.1 Å². The van der Waals surface area contributed by atoms with Crippen LogP contribution < -0.4 is 5.32 Å². The molecule has 0 aliphatic heterocycles. The molecule has 1 rings (SSSR count). The summed E-state index contributed by atoms with van der Waals surface area (Å²) in [6.07, 6.45) is 5.43. The summed E-state index contributed by atoms with van der Waals surface area (Å²) in [7, 11) is 3.17. The predicted molar refractivity (Wildman–Crippen MR) is 79.8 cm³/mol. The number of carbonyl (C=O) groups excluding carboxylic acids is 1. The Balaban J connectivity index is 2.81. The van der Waals surface area contributed by atoms with Gasteiger partial charge in [0.2, 0.25) is 0 Å². The van der Waals surface area contributed by atoms with E-state index in [0.717, 1.165) is 11.3 Å². The van der Waals surface area contributed by atoms with Crippen LogP contribution in [0.4, 0.5) is 5.69 Å². The lowest BCUT2D eigenvalue weighted by Crippen LogP contribution is -2.31. The normalized spacial score (nSPS) is 9.32. The molecule has 19 heavy (non-hydrogen) atoms. The minimum atomic E-state index is -0.294. The number of nitrogens with one attached hydrogen (secondary N) is 1. The third-order valence-electron chi connectivity index (χ3n) is 2.50. The van der Waals surface area contributed by atoms with E-state index in [4.69, 9.17) is 18.6 Å². The molecule has 0 amide bonds.